The van der Waals surface area contributed by atoms with Crippen LogP contribution in [0, 0.1) is 0 Å². The maximum Gasteiger partial charge on any atom is 0.324 e. The van der Waals surface area contributed by atoms with Crippen LogP contribution in [0.2, 0.25) is 0 Å². The summed E-state index contributed by atoms with van der Waals surface area (Å²) in [5.41, 5.74) is 0. The van der Waals surface area contributed by atoms with Crippen molar-refractivity contribution in [1.82, 2.24) is 0 Å². The summed E-state index contributed by atoms with van der Waals surface area (Å²) in [4.78, 5) is 0. The first-order valence-electron chi connectivity index (χ1n) is 2.20. The highest BCUT2D eigenvalue weighted by atomic mass is 31.1. The Kier molecular flexibility index (Phi) is 4.85. The Balaban J connectivity index is 3.27. The Bertz CT molecular complexity index is 97.1. The van der Waals surface area contributed by atoms with Crippen molar-refractivity contribution in [1.29, 1.82) is 0 Å². The lowest BCUT2D eigenvalue weighted by Crippen LogP contribution is -1.93. The highest BCUT2D eigenvalue weighted by Crippen LogP contribution is 2.25. The lowest BCUT2D eigenvalue weighted by atomic mass is 10.8. The van der Waals surface area contributed by atoms with E-state index in [2.05, 4.69) is 9.05 Å². The third-order valence-corrected chi connectivity index (χ3v) is 1.29. The number of halogens is 2. The van der Waals surface area contributed by atoms with Gasteiger partial charge in [-0.1, -0.05) is 0 Å². The first-order chi connectivity index (χ1) is 4.16. The van der Waals surface area contributed by atoms with Gasteiger partial charge < -0.3 is 0 Å². The normalized spacial score (nSPS) is 17.2. The zero-order chi connectivity index (χ0) is 7.28. The zero-order valence-electron chi connectivity index (χ0n) is 4.77. The molecule has 0 bridgehead atoms. The molecule has 0 aliphatic heterocycles. The third kappa shape index (κ3) is 5.89. The van der Waals surface area contributed by atoms with Crippen molar-refractivity contribution < 1.29 is 22.4 Å². The van der Waals surface area contributed by atoms with E-state index in [0.29, 0.717) is 0 Å². The molecule has 0 aromatic carbocycles. The second-order valence-corrected chi connectivity index (χ2v) is 2.19. The van der Waals surface area contributed by atoms with Crippen molar-refractivity contribution in [2.45, 2.75) is 13.3 Å². The van der Waals surface area contributed by atoms with Gasteiger partial charge in [-0.3, -0.25) is 13.6 Å². The number of alkyl halides is 2. The maximum atomic E-state index is 11.7. The summed E-state index contributed by atoms with van der Waals surface area (Å²) >= 11 is 0. The van der Waals surface area contributed by atoms with Gasteiger partial charge in [0.05, 0.1) is 0 Å². The molecule has 2 unspecified atom stereocenters. The number of hydrogen-bond donors (Lipinski definition) is 0. The van der Waals surface area contributed by atoms with Crippen molar-refractivity contribution in [3.05, 3.63) is 0 Å². The predicted molar refractivity (Wildman–Crippen MR) is 27.7 cm³/mol. The molecule has 0 radical (unpaired) electrons. The molecule has 3 nitrogen and oxygen atoms in total. The van der Waals surface area contributed by atoms with E-state index in [1.54, 1.807) is 0 Å². The summed E-state index contributed by atoms with van der Waals surface area (Å²) < 4.78 is 40.6. The molecule has 0 rings (SSSR count). The van der Waals surface area contributed by atoms with E-state index >= 15 is 0 Å². The van der Waals surface area contributed by atoms with Crippen molar-refractivity contribution in [3.8, 4) is 0 Å². The minimum atomic E-state index is -2.94. The predicted octanol–water partition coefficient (Wildman–Crippen LogP) is 1.65. The fraction of sp³-hybridized carbons (Fsp3) is 1.00. The van der Waals surface area contributed by atoms with Gasteiger partial charge in [0, 0.05) is 0 Å². The molecule has 6 heteroatoms. The van der Waals surface area contributed by atoms with E-state index in [1.165, 1.54) is 0 Å². The molecule has 0 saturated carbocycles. The largest absolute Gasteiger partial charge is 0.324 e. The summed E-state index contributed by atoms with van der Waals surface area (Å²) in [5, 5.41) is 0. The molecular formula is C3H7F2O3P. The van der Waals surface area contributed by atoms with Gasteiger partial charge in [-0.05, 0) is 6.92 Å². The summed E-state index contributed by atoms with van der Waals surface area (Å²) in [6, 6.07) is 0. The van der Waals surface area contributed by atoms with Gasteiger partial charge in [0.2, 0.25) is 6.36 Å². The highest BCUT2D eigenvalue weighted by molar-refractivity contribution is 7.33. The molecule has 0 aliphatic carbocycles. The molecule has 0 spiro atoms. The van der Waals surface area contributed by atoms with Crippen LogP contribution in [0.1, 0.15) is 6.92 Å². The molecule has 0 heterocycles. The molecule has 9 heavy (non-hydrogen) atoms. The molecule has 0 fully saturated rings. The highest BCUT2D eigenvalue weighted by Gasteiger charge is 2.03. The minimum absolute atomic E-state index is 1.03. The van der Waals surface area contributed by atoms with Crippen LogP contribution in [-0.2, 0) is 13.6 Å². The van der Waals surface area contributed by atoms with E-state index in [9.17, 15) is 13.3 Å². The number of hydrogen-bond acceptors (Lipinski definition) is 3. The molecule has 0 aliphatic rings. The SMILES string of the molecule is CC(F)O[PH](=O)OCF. The molecule has 2 atom stereocenters. The van der Waals surface area contributed by atoms with Crippen molar-refractivity contribution >= 4 is 8.25 Å². The average molecular weight is 160 g/mol. The first-order valence-corrected chi connectivity index (χ1v) is 3.42. The molecule has 0 N–H and O–H groups in total. The summed E-state index contributed by atoms with van der Waals surface area (Å²) in [7, 11) is -2.94. The molecule has 0 aromatic rings. The first kappa shape index (κ1) is 9.01. The van der Waals surface area contributed by atoms with Crippen LogP contribution < -0.4 is 0 Å². The monoisotopic (exact) mass is 160 g/mol. The maximum absolute atomic E-state index is 11.7. The van der Waals surface area contributed by atoms with Crippen LogP contribution in [0.5, 0.6) is 0 Å². The molecule has 0 saturated heterocycles. The van der Waals surface area contributed by atoms with Crippen LogP contribution in [0.15, 0.2) is 0 Å². The second-order valence-electron chi connectivity index (χ2n) is 1.16. The fourth-order valence-corrected chi connectivity index (χ4v) is 0.633. The lowest BCUT2D eigenvalue weighted by molar-refractivity contribution is 0.0617. The average Bonchev–Trinajstić information content (AvgIpc) is 1.63. The summed E-state index contributed by atoms with van der Waals surface area (Å²) in [6.07, 6.45) is -1.68. The quantitative estimate of drug-likeness (QED) is 0.586. The van der Waals surface area contributed by atoms with Crippen molar-refractivity contribution in [2.24, 2.45) is 0 Å². The fourth-order valence-electron chi connectivity index (χ4n) is 0.211. The van der Waals surface area contributed by atoms with Gasteiger partial charge in [0.15, 0.2) is 6.86 Å². The summed E-state index contributed by atoms with van der Waals surface area (Å²) in [5.74, 6) is 0. The van der Waals surface area contributed by atoms with Crippen LogP contribution in [0.3, 0.4) is 0 Å². The lowest BCUT2D eigenvalue weighted by Gasteiger charge is -2.01. The molecule has 0 aromatic heterocycles. The second kappa shape index (κ2) is 4.85. The summed E-state index contributed by atoms with van der Waals surface area (Å²) in [6.45, 7) is -0.186. The third-order valence-electron chi connectivity index (χ3n) is 0.431. The van der Waals surface area contributed by atoms with Gasteiger partial charge in [-0.2, -0.15) is 0 Å². The van der Waals surface area contributed by atoms with Crippen molar-refractivity contribution in [3.63, 3.8) is 0 Å². The van der Waals surface area contributed by atoms with Crippen LogP contribution in [-0.4, -0.2) is 13.2 Å². The van der Waals surface area contributed by atoms with Gasteiger partial charge in [-0.25, -0.2) is 8.78 Å². The smallest absolute Gasteiger partial charge is 0.278 e. The Hall–Kier alpha value is 0.01000. The van der Waals surface area contributed by atoms with Crippen molar-refractivity contribution in [2.75, 3.05) is 6.86 Å². The molecule has 56 valence electrons. The zero-order valence-corrected chi connectivity index (χ0v) is 5.77. The Labute approximate surface area is 51.9 Å². The Morgan fingerprint density at radius 2 is 2.33 bits per heavy atom. The Morgan fingerprint density at radius 1 is 1.78 bits per heavy atom. The molecule has 0 amide bonds. The van der Waals surface area contributed by atoms with Crippen LogP contribution in [0.25, 0.3) is 0 Å². The van der Waals surface area contributed by atoms with E-state index in [4.69, 9.17) is 0 Å². The van der Waals surface area contributed by atoms with E-state index in [1.807, 2.05) is 0 Å². The van der Waals surface area contributed by atoms with Gasteiger partial charge >= 0.3 is 8.25 Å². The minimum Gasteiger partial charge on any atom is -0.278 e. The van der Waals surface area contributed by atoms with Gasteiger partial charge in [-0.15, -0.1) is 0 Å². The standard InChI is InChI=1S/C3H7F2O3P/c1-3(5)8-9(6)7-2-4/h3,9H,2H2,1H3. The van der Waals surface area contributed by atoms with Crippen LogP contribution in [0.4, 0.5) is 8.78 Å². The molecular weight excluding hydrogens is 153 g/mol. The Morgan fingerprint density at radius 3 is 2.67 bits per heavy atom. The number of rotatable bonds is 4. The van der Waals surface area contributed by atoms with Gasteiger partial charge in [0.1, 0.15) is 0 Å². The van der Waals surface area contributed by atoms with E-state index in [0.717, 1.165) is 6.92 Å². The van der Waals surface area contributed by atoms with Gasteiger partial charge in [0.25, 0.3) is 0 Å². The van der Waals surface area contributed by atoms with E-state index in [-0.39, 0.29) is 0 Å². The topological polar surface area (TPSA) is 35.5 Å². The van der Waals surface area contributed by atoms with Crippen LogP contribution >= 0.6 is 8.25 Å². The van der Waals surface area contributed by atoms with E-state index < -0.39 is 21.5 Å².